The quantitative estimate of drug-likeness (QED) is 0.152. The summed E-state index contributed by atoms with van der Waals surface area (Å²) in [4.78, 5) is 54.7. The molecule has 1 aliphatic heterocycles. The molecular formula is C20H29N2O11P. The van der Waals surface area contributed by atoms with Gasteiger partial charge in [0.2, 0.25) is 0 Å². The van der Waals surface area contributed by atoms with Crippen molar-refractivity contribution in [1.29, 1.82) is 0 Å². The van der Waals surface area contributed by atoms with Gasteiger partial charge in [0.05, 0.1) is 12.5 Å². The third-order valence-corrected chi connectivity index (χ3v) is 5.68. The third kappa shape index (κ3) is 7.49. The maximum atomic E-state index is 12.9. The number of carbonyl (C=O) groups is 3. The number of rotatable bonds is 11. The molecule has 0 bridgehead atoms. The molecule has 2 rings (SSSR count). The lowest BCUT2D eigenvalue weighted by molar-refractivity contribution is -0.142. The highest BCUT2D eigenvalue weighted by molar-refractivity contribution is 7.46. The molecule has 1 aromatic rings. The summed E-state index contributed by atoms with van der Waals surface area (Å²) < 4.78 is 21.3. The van der Waals surface area contributed by atoms with Crippen LogP contribution in [0.5, 0.6) is 5.75 Å². The Morgan fingerprint density at radius 2 is 1.97 bits per heavy atom. The number of fused-ring (bicyclic) bond motifs is 1. The van der Waals surface area contributed by atoms with Gasteiger partial charge >= 0.3 is 19.8 Å². The lowest BCUT2D eigenvalue weighted by Gasteiger charge is -2.34. The van der Waals surface area contributed by atoms with E-state index >= 15 is 0 Å². The summed E-state index contributed by atoms with van der Waals surface area (Å²) in [5.74, 6) is -3.68. The van der Waals surface area contributed by atoms with Crippen molar-refractivity contribution in [1.82, 2.24) is 5.32 Å². The number of esters is 1. The molecule has 0 spiro atoms. The molecule has 190 valence electrons. The lowest BCUT2D eigenvalue weighted by atomic mass is 9.90. The summed E-state index contributed by atoms with van der Waals surface area (Å²) in [6, 6.07) is 2.04. The Labute approximate surface area is 195 Å². The van der Waals surface area contributed by atoms with Gasteiger partial charge in [0.15, 0.2) is 6.10 Å². The van der Waals surface area contributed by atoms with Gasteiger partial charge in [-0.2, -0.15) is 0 Å². The monoisotopic (exact) mass is 504 g/mol. The molecule has 5 unspecified atom stereocenters. The second-order valence-corrected chi connectivity index (χ2v) is 9.66. The van der Waals surface area contributed by atoms with E-state index in [9.17, 15) is 38.9 Å². The zero-order valence-corrected chi connectivity index (χ0v) is 19.4. The highest BCUT2D eigenvalue weighted by Crippen LogP contribution is 2.39. The van der Waals surface area contributed by atoms with E-state index in [0.717, 1.165) is 0 Å². The molecule has 5 atom stereocenters. The topological polar surface area (TPSA) is 226 Å². The van der Waals surface area contributed by atoms with Gasteiger partial charge < -0.3 is 40.9 Å². The van der Waals surface area contributed by atoms with Crippen LogP contribution in [0.1, 0.15) is 42.6 Å². The van der Waals surface area contributed by atoms with Crippen LogP contribution in [-0.4, -0.2) is 73.3 Å². The van der Waals surface area contributed by atoms with Crippen LogP contribution < -0.4 is 11.1 Å². The smallest absolute Gasteiger partial charge is 0.470 e. The Hall–Kier alpha value is -2.54. The standard InChI is InChI=1S/C20H29N2O11P/c1-9(2)6-12(14-7-10-4-3-5-13(23)16(10)20(28)32-14)22-19(27)18(33-34(29,30)31)17(26)11(21)8-15(24)25/h3-5,9,11-12,14,17-18,23,26H,6-8,21H2,1-2H3,(H,22,27)(H,24,25)(H2,29,30,31). The number of nitrogens with one attached hydrogen (secondary N) is 1. The number of nitrogens with two attached hydrogens (primary N) is 1. The van der Waals surface area contributed by atoms with Crippen molar-refractivity contribution in [3.63, 3.8) is 0 Å². The number of carboxylic acid groups (broad SMARTS) is 1. The van der Waals surface area contributed by atoms with Gasteiger partial charge in [-0.25, -0.2) is 9.36 Å². The number of ether oxygens (including phenoxy) is 1. The van der Waals surface area contributed by atoms with E-state index in [1.807, 2.05) is 13.8 Å². The van der Waals surface area contributed by atoms with Crippen molar-refractivity contribution in [2.75, 3.05) is 0 Å². The van der Waals surface area contributed by atoms with Crippen LogP contribution in [0.2, 0.25) is 0 Å². The van der Waals surface area contributed by atoms with E-state index in [1.54, 1.807) is 12.1 Å². The Balaban J connectivity index is 2.30. The molecule has 13 nitrogen and oxygen atoms in total. The number of amides is 1. The van der Waals surface area contributed by atoms with Crippen molar-refractivity contribution < 1.29 is 53.3 Å². The second kappa shape index (κ2) is 11.3. The van der Waals surface area contributed by atoms with Crippen LogP contribution in [0.15, 0.2) is 18.2 Å². The summed E-state index contributed by atoms with van der Waals surface area (Å²) >= 11 is 0. The number of aliphatic hydroxyl groups is 1. The second-order valence-electron chi connectivity index (χ2n) is 8.47. The summed E-state index contributed by atoms with van der Waals surface area (Å²) in [6.07, 6.45) is -5.61. The van der Waals surface area contributed by atoms with E-state index < -0.39 is 62.5 Å². The summed E-state index contributed by atoms with van der Waals surface area (Å²) in [5.41, 5.74) is 6.07. The fraction of sp³-hybridized carbons (Fsp3) is 0.550. The number of aromatic hydroxyl groups is 1. The molecular weight excluding hydrogens is 475 g/mol. The first-order valence-electron chi connectivity index (χ1n) is 10.4. The molecule has 0 saturated heterocycles. The normalized spacial score (nSPS) is 19.5. The van der Waals surface area contributed by atoms with Gasteiger partial charge in [0.1, 0.15) is 23.5 Å². The number of aliphatic hydroxyl groups excluding tert-OH is 1. The van der Waals surface area contributed by atoms with E-state index in [0.29, 0.717) is 5.56 Å². The Bertz CT molecular complexity index is 964. The van der Waals surface area contributed by atoms with Gasteiger partial charge in [0.25, 0.3) is 5.91 Å². The van der Waals surface area contributed by atoms with Crippen molar-refractivity contribution in [3.8, 4) is 5.75 Å². The summed E-state index contributed by atoms with van der Waals surface area (Å²) in [7, 11) is -5.30. The first kappa shape index (κ1) is 27.7. The first-order chi connectivity index (χ1) is 15.7. The molecule has 34 heavy (non-hydrogen) atoms. The molecule has 0 aromatic heterocycles. The number of benzene rings is 1. The van der Waals surface area contributed by atoms with E-state index in [2.05, 4.69) is 9.84 Å². The van der Waals surface area contributed by atoms with E-state index in [-0.39, 0.29) is 30.1 Å². The molecule has 0 aliphatic carbocycles. The molecule has 1 aromatic carbocycles. The molecule has 0 fully saturated rings. The van der Waals surface area contributed by atoms with Crippen LogP contribution >= 0.6 is 7.82 Å². The van der Waals surface area contributed by atoms with Crippen molar-refractivity contribution in [2.24, 2.45) is 11.7 Å². The van der Waals surface area contributed by atoms with Gasteiger partial charge in [0, 0.05) is 12.5 Å². The highest BCUT2D eigenvalue weighted by atomic mass is 31.2. The summed E-state index contributed by atoms with van der Waals surface area (Å²) in [5, 5.41) is 31.7. The largest absolute Gasteiger partial charge is 0.507 e. The summed E-state index contributed by atoms with van der Waals surface area (Å²) in [6.45, 7) is 3.65. The minimum Gasteiger partial charge on any atom is -0.507 e. The zero-order valence-electron chi connectivity index (χ0n) is 18.5. The molecule has 1 amide bonds. The van der Waals surface area contributed by atoms with Crippen LogP contribution in [0.4, 0.5) is 0 Å². The average molecular weight is 504 g/mol. The predicted molar refractivity (Wildman–Crippen MR) is 116 cm³/mol. The van der Waals surface area contributed by atoms with Crippen molar-refractivity contribution >= 4 is 25.7 Å². The number of phenolic OH excluding ortho intramolecular Hbond substituents is 1. The average Bonchev–Trinajstić information content (AvgIpc) is 2.69. The molecule has 8 N–H and O–H groups in total. The molecule has 0 saturated carbocycles. The van der Waals surface area contributed by atoms with E-state index in [4.69, 9.17) is 15.6 Å². The molecule has 1 aliphatic rings. The molecule has 1 heterocycles. The van der Waals surface area contributed by atoms with Crippen LogP contribution in [-0.2, 0) is 29.8 Å². The van der Waals surface area contributed by atoms with E-state index in [1.165, 1.54) is 6.07 Å². The number of carboxylic acids is 1. The fourth-order valence-corrected chi connectivity index (χ4v) is 4.22. The number of carbonyl (C=O) groups excluding carboxylic acids is 2. The maximum absolute atomic E-state index is 12.9. The highest BCUT2D eigenvalue weighted by Gasteiger charge is 2.41. The minimum atomic E-state index is -5.30. The fourth-order valence-electron chi connectivity index (χ4n) is 3.71. The van der Waals surface area contributed by atoms with Crippen molar-refractivity contribution in [3.05, 3.63) is 29.3 Å². The number of hydrogen-bond acceptors (Lipinski definition) is 9. The van der Waals surface area contributed by atoms with Crippen LogP contribution in [0.25, 0.3) is 0 Å². The van der Waals surface area contributed by atoms with Gasteiger partial charge in [-0.05, 0) is 24.0 Å². The maximum Gasteiger partial charge on any atom is 0.470 e. The Morgan fingerprint density at radius 3 is 2.53 bits per heavy atom. The minimum absolute atomic E-state index is 0.00569. The van der Waals surface area contributed by atoms with Gasteiger partial charge in [-0.15, -0.1) is 0 Å². The zero-order chi connectivity index (χ0) is 25.8. The number of hydrogen-bond donors (Lipinski definition) is 7. The number of cyclic esters (lactones) is 1. The Kier molecular flexibility index (Phi) is 9.17. The van der Waals surface area contributed by atoms with Gasteiger partial charge in [-0.3, -0.25) is 14.1 Å². The Morgan fingerprint density at radius 1 is 1.32 bits per heavy atom. The third-order valence-electron chi connectivity index (χ3n) is 5.18. The predicted octanol–water partition coefficient (Wildman–Crippen LogP) is -0.355. The van der Waals surface area contributed by atoms with Crippen molar-refractivity contribution in [2.45, 2.75) is 63.5 Å². The van der Waals surface area contributed by atoms with Gasteiger partial charge in [-0.1, -0.05) is 26.0 Å². The number of phosphoric acid groups is 1. The molecule has 0 radical (unpaired) electrons. The van der Waals surface area contributed by atoms with Crippen LogP contribution in [0.3, 0.4) is 0 Å². The number of aliphatic carboxylic acids is 1. The SMILES string of the molecule is CC(C)CC(NC(=O)C(OP(=O)(O)O)C(O)C(N)CC(=O)O)C1Cc2cccc(O)c2C(=O)O1. The number of phosphoric ester groups is 1. The first-order valence-corrected chi connectivity index (χ1v) is 11.9. The lowest BCUT2D eigenvalue weighted by Crippen LogP contribution is -2.56. The number of phenols is 1. The van der Waals surface area contributed by atoms with Crippen LogP contribution in [0, 0.1) is 5.92 Å². The molecule has 14 heteroatoms.